The molecule has 13 heavy (non-hydrogen) atoms. The highest BCUT2D eigenvalue weighted by Gasteiger charge is 2.27. The fourth-order valence-corrected chi connectivity index (χ4v) is 1.82. The second kappa shape index (κ2) is 2.61. The van der Waals surface area contributed by atoms with Gasteiger partial charge in [-0.2, -0.15) is 8.42 Å². The molecule has 70 valence electrons. The molecule has 5 nitrogen and oxygen atoms in total. The zero-order valence-corrected chi connectivity index (χ0v) is 7.49. The molecule has 0 spiro atoms. The first-order valence-corrected chi connectivity index (χ1v) is 5.11. The topological polar surface area (TPSA) is 72.6 Å². The van der Waals surface area contributed by atoms with E-state index in [-0.39, 0.29) is 6.73 Å². The van der Waals surface area contributed by atoms with Crippen molar-refractivity contribution in [2.45, 2.75) is 0 Å². The summed E-state index contributed by atoms with van der Waals surface area (Å²) in [5, 5.41) is 4.97. The Kier molecular flexibility index (Phi) is 1.67. The van der Waals surface area contributed by atoms with E-state index in [4.69, 9.17) is 9.88 Å². The van der Waals surface area contributed by atoms with Gasteiger partial charge < -0.3 is 4.74 Å². The zero-order chi connectivity index (χ0) is 9.47. The third-order valence-corrected chi connectivity index (χ3v) is 2.69. The Morgan fingerprint density at radius 3 is 2.77 bits per heavy atom. The summed E-state index contributed by atoms with van der Waals surface area (Å²) in [7, 11) is -3.71. The van der Waals surface area contributed by atoms with Gasteiger partial charge in [-0.15, -0.1) is 0 Å². The normalized spacial score (nSPS) is 15.3. The van der Waals surface area contributed by atoms with Crippen molar-refractivity contribution in [3.63, 3.8) is 0 Å². The van der Waals surface area contributed by atoms with Gasteiger partial charge in [0, 0.05) is 0 Å². The monoisotopic (exact) mass is 200 g/mol. The molecule has 2 N–H and O–H groups in total. The second-order valence-corrected chi connectivity index (χ2v) is 4.11. The Bertz CT molecular complexity index is 429. The number of rotatable bonds is 1. The second-order valence-electron chi connectivity index (χ2n) is 2.63. The van der Waals surface area contributed by atoms with E-state index in [1.54, 1.807) is 24.3 Å². The summed E-state index contributed by atoms with van der Waals surface area (Å²) in [4.78, 5) is 0. The molecule has 1 heterocycles. The van der Waals surface area contributed by atoms with E-state index in [0.29, 0.717) is 11.4 Å². The van der Waals surface area contributed by atoms with E-state index in [2.05, 4.69) is 0 Å². The van der Waals surface area contributed by atoms with Gasteiger partial charge in [-0.25, -0.2) is 9.44 Å². The van der Waals surface area contributed by atoms with Crippen LogP contribution in [0.15, 0.2) is 24.3 Å². The lowest BCUT2D eigenvalue weighted by Crippen LogP contribution is -2.35. The number of benzene rings is 1. The van der Waals surface area contributed by atoms with Gasteiger partial charge in [-0.3, -0.25) is 0 Å². The number of para-hydroxylation sites is 2. The fraction of sp³-hybridized carbons (Fsp3) is 0.143. The lowest BCUT2D eigenvalue weighted by molar-refractivity contribution is 0.360. The van der Waals surface area contributed by atoms with Gasteiger partial charge >= 0.3 is 10.2 Å². The minimum absolute atomic E-state index is 0.0435. The molecule has 1 aromatic rings. The van der Waals surface area contributed by atoms with Crippen molar-refractivity contribution >= 4 is 15.9 Å². The molecule has 0 aromatic heterocycles. The number of fused-ring (bicyclic) bond motifs is 1. The van der Waals surface area contributed by atoms with Crippen LogP contribution in [0.2, 0.25) is 0 Å². The fourth-order valence-electron chi connectivity index (χ4n) is 1.19. The summed E-state index contributed by atoms with van der Waals surface area (Å²) in [6, 6.07) is 6.84. The molecule has 1 aliphatic rings. The molecule has 2 rings (SSSR count). The Hall–Kier alpha value is -1.27. The van der Waals surface area contributed by atoms with E-state index in [0.717, 1.165) is 4.31 Å². The number of ether oxygens (including phenoxy) is 1. The number of nitrogens with zero attached hydrogens (tertiary/aromatic N) is 1. The molecule has 0 unspecified atom stereocenters. The van der Waals surface area contributed by atoms with E-state index in [1.807, 2.05) is 0 Å². The Morgan fingerprint density at radius 2 is 2.08 bits per heavy atom. The minimum Gasteiger partial charge on any atom is -0.470 e. The zero-order valence-electron chi connectivity index (χ0n) is 6.67. The third-order valence-electron chi connectivity index (χ3n) is 1.78. The summed E-state index contributed by atoms with van der Waals surface area (Å²) < 4.78 is 28.2. The molecule has 0 saturated heterocycles. The van der Waals surface area contributed by atoms with Crippen LogP contribution in [0.25, 0.3) is 0 Å². The summed E-state index contributed by atoms with van der Waals surface area (Å²) in [6.07, 6.45) is 0. The van der Waals surface area contributed by atoms with Crippen LogP contribution in [0.4, 0.5) is 5.69 Å². The van der Waals surface area contributed by atoms with Gasteiger partial charge in [-0.1, -0.05) is 12.1 Å². The largest absolute Gasteiger partial charge is 0.470 e. The quantitative estimate of drug-likeness (QED) is 0.696. The third kappa shape index (κ3) is 1.34. The smallest absolute Gasteiger partial charge is 0.301 e. The first kappa shape index (κ1) is 8.33. The van der Waals surface area contributed by atoms with Crippen LogP contribution >= 0.6 is 0 Å². The molecule has 0 atom stereocenters. The van der Waals surface area contributed by atoms with Crippen molar-refractivity contribution in [1.82, 2.24) is 0 Å². The number of nitrogens with two attached hydrogens (primary N) is 1. The van der Waals surface area contributed by atoms with E-state index in [9.17, 15) is 8.42 Å². The number of anilines is 1. The summed E-state index contributed by atoms with van der Waals surface area (Å²) >= 11 is 0. The Balaban J connectivity index is 2.51. The van der Waals surface area contributed by atoms with Gasteiger partial charge in [0.25, 0.3) is 0 Å². The lowest BCUT2D eigenvalue weighted by atomic mass is 10.3. The Morgan fingerprint density at radius 1 is 1.38 bits per heavy atom. The van der Waals surface area contributed by atoms with E-state index in [1.165, 1.54) is 0 Å². The van der Waals surface area contributed by atoms with Gasteiger partial charge in [0.05, 0.1) is 5.69 Å². The van der Waals surface area contributed by atoms with Crippen molar-refractivity contribution < 1.29 is 13.2 Å². The molecule has 1 aliphatic heterocycles. The minimum atomic E-state index is -3.71. The van der Waals surface area contributed by atoms with Gasteiger partial charge in [-0.05, 0) is 12.1 Å². The van der Waals surface area contributed by atoms with Crippen LogP contribution in [0, 0.1) is 0 Å². The van der Waals surface area contributed by atoms with Crippen LogP contribution in [-0.2, 0) is 10.2 Å². The van der Waals surface area contributed by atoms with Crippen LogP contribution in [0.3, 0.4) is 0 Å². The van der Waals surface area contributed by atoms with Crippen LogP contribution in [0.5, 0.6) is 5.75 Å². The molecular weight excluding hydrogens is 192 g/mol. The van der Waals surface area contributed by atoms with Gasteiger partial charge in [0.2, 0.25) is 0 Å². The van der Waals surface area contributed by atoms with Crippen molar-refractivity contribution in [2.75, 3.05) is 11.0 Å². The van der Waals surface area contributed by atoms with E-state index < -0.39 is 10.2 Å². The molecule has 1 aromatic carbocycles. The maximum Gasteiger partial charge on any atom is 0.301 e. The number of hydrogen-bond donors (Lipinski definition) is 1. The first-order chi connectivity index (χ1) is 6.09. The molecule has 0 saturated carbocycles. The molecule has 0 radical (unpaired) electrons. The maximum absolute atomic E-state index is 11.0. The standard InChI is InChI=1S/C7H8N2O3S/c8-13(10,11)9-5-12-7-4-2-1-3-6(7)9/h1-4H,5H2,(H2,8,10,11). The predicted molar refractivity (Wildman–Crippen MR) is 47.5 cm³/mol. The SMILES string of the molecule is NS(=O)(=O)N1COc2ccccc21. The molecular formula is C7H8N2O3S. The van der Waals surface area contributed by atoms with E-state index >= 15 is 0 Å². The van der Waals surface area contributed by atoms with Crippen molar-refractivity contribution in [1.29, 1.82) is 0 Å². The van der Waals surface area contributed by atoms with Crippen LogP contribution in [0.1, 0.15) is 0 Å². The maximum atomic E-state index is 11.0. The van der Waals surface area contributed by atoms with Crippen LogP contribution < -0.4 is 14.2 Å². The molecule has 0 bridgehead atoms. The molecule has 6 heteroatoms. The highest BCUT2D eigenvalue weighted by atomic mass is 32.2. The first-order valence-electron chi connectivity index (χ1n) is 3.61. The molecule has 0 amide bonds. The van der Waals surface area contributed by atoms with Gasteiger partial charge in [0.15, 0.2) is 6.73 Å². The summed E-state index contributed by atoms with van der Waals surface area (Å²) in [5.41, 5.74) is 0.491. The highest BCUT2D eigenvalue weighted by molar-refractivity contribution is 7.90. The van der Waals surface area contributed by atoms with Gasteiger partial charge in [0.1, 0.15) is 5.75 Å². The average Bonchev–Trinajstić information content (AvgIpc) is 2.45. The van der Waals surface area contributed by atoms with Crippen molar-refractivity contribution in [2.24, 2.45) is 5.14 Å². The van der Waals surface area contributed by atoms with Crippen molar-refractivity contribution in [3.05, 3.63) is 24.3 Å². The molecule has 0 fully saturated rings. The van der Waals surface area contributed by atoms with Crippen LogP contribution in [-0.4, -0.2) is 15.1 Å². The lowest BCUT2D eigenvalue weighted by Gasteiger charge is -2.11. The predicted octanol–water partition coefficient (Wildman–Crippen LogP) is 0.0464. The summed E-state index contributed by atoms with van der Waals surface area (Å²) in [5.74, 6) is 0.538. The molecule has 0 aliphatic carbocycles. The summed E-state index contributed by atoms with van der Waals surface area (Å²) in [6.45, 7) is -0.0435. The van der Waals surface area contributed by atoms with Crippen molar-refractivity contribution in [3.8, 4) is 5.75 Å². The highest BCUT2D eigenvalue weighted by Crippen LogP contribution is 2.33. The number of hydrogen-bond acceptors (Lipinski definition) is 3. The average molecular weight is 200 g/mol. The Labute approximate surface area is 75.9 Å².